The average Bonchev–Trinajstić information content (AvgIpc) is 3.18. The number of aryl methyl sites for hydroxylation is 1. The van der Waals surface area contributed by atoms with Crippen LogP contribution in [0.4, 0.5) is 0 Å². The Kier molecular flexibility index (Phi) is 5.46. The van der Waals surface area contributed by atoms with Gasteiger partial charge in [0.2, 0.25) is 0 Å². The van der Waals surface area contributed by atoms with Crippen LogP contribution < -0.4 is 4.90 Å². The van der Waals surface area contributed by atoms with Crippen molar-refractivity contribution in [1.29, 1.82) is 0 Å². The molecule has 1 saturated heterocycles. The van der Waals surface area contributed by atoms with Crippen molar-refractivity contribution in [1.82, 2.24) is 4.90 Å². The molecule has 0 saturated carbocycles. The van der Waals surface area contributed by atoms with Crippen LogP contribution >= 0.6 is 0 Å². The van der Waals surface area contributed by atoms with Crippen molar-refractivity contribution in [2.75, 3.05) is 27.2 Å². The predicted octanol–water partition coefficient (Wildman–Crippen LogP) is 1.54. The molecular formula is C21H25N2O4+. The Bertz CT molecular complexity index is 867. The molecule has 1 aliphatic heterocycles. The Hall–Kier alpha value is -2.86. The largest absolute Gasteiger partial charge is 0.507 e. The van der Waals surface area contributed by atoms with Gasteiger partial charge in [0.25, 0.3) is 11.7 Å². The van der Waals surface area contributed by atoms with Crippen LogP contribution in [0.2, 0.25) is 0 Å². The summed E-state index contributed by atoms with van der Waals surface area (Å²) in [6.45, 7) is 3.10. The minimum absolute atomic E-state index is 0.0813. The van der Waals surface area contributed by atoms with E-state index in [2.05, 4.69) is 0 Å². The van der Waals surface area contributed by atoms with Crippen molar-refractivity contribution in [3.05, 3.63) is 65.1 Å². The van der Waals surface area contributed by atoms with Crippen molar-refractivity contribution in [2.45, 2.75) is 19.4 Å². The van der Waals surface area contributed by atoms with E-state index in [0.29, 0.717) is 23.6 Å². The number of amides is 1. The molecule has 1 fully saturated rings. The fourth-order valence-electron chi connectivity index (χ4n) is 3.36. The van der Waals surface area contributed by atoms with E-state index >= 15 is 0 Å². The van der Waals surface area contributed by atoms with Crippen LogP contribution in [0.15, 0.2) is 52.5 Å². The number of carbonyl (C=O) groups excluding carboxylic acids is 2. The molecule has 27 heavy (non-hydrogen) atoms. The monoisotopic (exact) mass is 369 g/mol. The zero-order valence-electron chi connectivity index (χ0n) is 15.9. The van der Waals surface area contributed by atoms with Gasteiger partial charge >= 0.3 is 0 Å². The first-order valence-corrected chi connectivity index (χ1v) is 9.09. The molecule has 6 heteroatoms. The van der Waals surface area contributed by atoms with Crippen molar-refractivity contribution in [3.8, 4) is 0 Å². The Labute approximate surface area is 158 Å². The van der Waals surface area contributed by atoms with E-state index in [1.807, 2.05) is 27.1 Å². The van der Waals surface area contributed by atoms with Gasteiger partial charge < -0.3 is 19.3 Å². The van der Waals surface area contributed by atoms with Gasteiger partial charge in [0.1, 0.15) is 23.3 Å². The topological polar surface area (TPSA) is 75.2 Å². The number of furan rings is 1. The number of rotatable bonds is 6. The molecule has 1 amide bonds. The van der Waals surface area contributed by atoms with Crippen LogP contribution in [0.25, 0.3) is 5.76 Å². The number of ketones is 1. The number of nitrogens with zero attached hydrogens (tertiary/aromatic N) is 1. The van der Waals surface area contributed by atoms with E-state index in [4.69, 9.17) is 4.42 Å². The lowest BCUT2D eigenvalue weighted by Crippen LogP contribution is -3.05. The SMILES string of the molecule is Cc1ccc([C@@H]2C(=C(O)c3ccccc3)C(=O)C(=O)N2CCC[NH+](C)C)o1. The maximum Gasteiger partial charge on any atom is 0.295 e. The fraction of sp³-hybridized carbons (Fsp3) is 0.333. The van der Waals surface area contributed by atoms with Crippen LogP contribution in [-0.4, -0.2) is 48.9 Å². The highest BCUT2D eigenvalue weighted by molar-refractivity contribution is 6.46. The van der Waals surface area contributed by atoms with Crippen LogP contribution in [-0.2, 0) is 9.59 Å². The van der Waals surface area contributed by atoms with E-state index in [1.165, 1.54) is 9.80 Å². The maximum atomic E-state index is 12.8. The molecule has 3 rings (SSSR count). The minimum atomic E-state index is -0.712. The Morgan fingerprint density at radius 1 is 1.15 bits per heavy atom. The Morgan fingerprint density at radius 2 is 1.85 bits per heavy atom. The normalized spacial score (nSPS) is 19.3. The van der Waals surface area contributed by atoms with Crippen molar-refractivity contribution < 1.29 is 24.0 Å². The van der Waals surface area contributed by atoms with Gasteiger partial charge in [-0.15, -0.1) is 0 Å². The summed E-state index contributed by atoms with van der Waals surface area (Å²) in [5, 5.41) is 10.8. The van der Waals surface area contributed by atoms with E-state index in [9.17, 15) is 14.7 Å². The van der Waals surface area contributed by atoms with Gasteiger partial charge in [-0.3, -0.25) is 9.59 Å². The number of hydrogen-bond donors (Lipinski definition) is 2. The summed E-state index contributed by atoms with van der Waals surface area (Å²) in [6, 6.07) is 11.6. The van der Waals surface area contributed by atoms with Gasteiger partial charge in [0, 0.05) is 18.5 Å². The van der Waals surface area contributed by atoms with Crippen molar-refractivity contribution >= 4 is 17.4 Å². The van der Waals surface area contributed by atoms with Crippen LogP contribution in [0.5, 0.6) is 0 Å². The average molecular weight is 369 g/mol. The first kappa shape index (κ1) is 18.9. The molecule has 142 valence electrons. The number of Topliss-reactive ketones (excluding diaryl/α,β-unsaturated/α-hetero) is 1. The molecule has 0 radical (unpaired) electrons. The lowest BCUT2D eigenvalue weighted by atomic mass is 9.99. The zero-order chi connectivity index (χ0) is 19.6. The summed E-state index contributed by atoms with van der Waals surface area (Å²) in [7, 11) is 4.08. The number of benzene rings is 1. The number of hydrogen-bond acceptors (Lipinski definition) is 4. The lowest BCUT2D eigenvalue weighted by molar-refractivity contribution is -0.858. The van der Waals surface area contributed by atoms with Crippen molar-refractivity contribution in [3.63, 3.8) is 0 Å². The van der Waals surface area contributed by atoms with Gasteiger partial charge in [-0.05, 0) is 19.1 Å². The fourth-order valence-corrected chi connectivity index (χ4v) is 3.36. The summed E-state index contributed by atoms with van der Waals surface area (Å²) < 4.78 is 5.74. The highest BCUT2D eigenvalue weighted by atomic mass is 16.3. The number of nitrogens with one attached hydrogen (secondary N) is 1. The molecule has 2 aromatic rings. The van der Waals surface area contributed by atoms with E-state index in [0.717, 1.165) is 13.0 Å². The summed E-state index contributed by atoms with van der Waals surface area (Å²) >= 11 is 0. The second kappa shape index (κ2) is 7.80. The molecule has 1 aromatic carbocycles. The third-order valence-electron chi connectivity index (χ3n) is 4.69. The number of aliphatic hydroxyl groups excluding tert-OH is 1. The molecule has 0 unspecified atom stereocenters. The van der Waals surface area contributed by atoms with Crippen LogP contribution in [0.3, 0.4) is 0 Å². The van der Waals surface area contributed by atoms with E-state index in [-0.39, 0.29) is 11.3 Å². The standard InChI is InChI=1S/C21H24N2O4/c1-14-10-11-16(27-14)18-17(19(24)15-8-5-4-6-9-15)20(25)21(26)23(18)13-7-12-22(2)3/h4-6,8-11,18,24H,7,12-13H2,1-3H3/p+1/t18-/m1/s1. The smallest absolute Gasteiger partial charge is 0.295 e. The van der Waals surface area contributed by atoms with Crippen LogP contribution in [0, 0.1) is 6.92 Å². The number of quaternary nitrogens is 1. The number of likely N-dealkylation sites (tertiary alicyclic amines) is 1. The molecule has 1 atom stereocenters. The first-order chi connectivity index (χ1) is 12.9. The van der Waals surface area contributed by atoms with Gasteiger partial charge in [-0.2, -0.15) is 0 Å². The second-order valence-electron chi connectivity index (χ2n) is 7.12. The van der Waals surface area contributed by atoms with Crippen LogP contribution in [0.1, 0.15) is 29.5 Å². The predicted molar refractivity (Wildman–Crippen MR) is 101 cm³/mol. The minimum Gasteiger partial charge on any atom is -0.507 e. The third-order valence-corrected chi connectivity index (χ3v) is 4.69. The quantitative estimate of drug-likeness (QED) is 0.460. The molecule has 2 N–H and O–H groups in total. The molecule has 1 aromatic heterocycles. The molecule has 0 aliphatic carbocycles. The molecule has 6 nitrogen and oxygen atoms in total. The van der Waals surface area contributed by atoms with Crippen molar-refractivity contribution in [2.24, 2.45) is 0 Å². The zero-order valence-corrected chi connectivity index (χ0v) is 15.9. The van der Waals surface area contributed by atoms with E-state index in [1.54, 1.807) is 36.4 Å². The molecule has 0 spiro atoms. The number of carbonyl (C=O) groups is 2. The van der Waals surface area contributed by atoms with Gasteiger partial charge in [0.15, 0.2) is 0 Å². The maximum absolute atomic E-state index is 12.8. The van der Waals surface area contributed by atoms with E-state index < -0.39 is 17.7 Å². The number of aliphatic hydroxyl groups is 1. The summed E-state index contributed by atoms with van der Waals surface area (Å²) in [4.78, 5) is 28.2. The first-order valence-electron chi connectivity index (χ1n) is 9.09. The molecule has 1 aliphatic rings. The Morgan fingerprint density at radius 3 is 2.44 bits per heavy atom. The van der Waals surface area contributed by atoms with Gasteiger partial charge in [-0.25, -0.2) is 0 Å². The molecule has 2 heterocycles. The van der Waals surface area contributed by atoms with Gasteiger partial charge in [-0.1, -0.05) is 30.3 Å². The van der Waals surface area contributed by atoms with Gasteiger partial charge in [0.05, 0.1) is 26.2 Å². The lowest BCUT2D eigenvalue weighted by Gasteiger charge is -2.23. The summed E-state index contributed by atoms with van der Waals surface area (Å²) in [5.74, 6) is -0.268. The highest BCUT2D eigenvalue weighted by Crippen LogP contribution is 2.39. The Balaban J connectivity index is 2.05. The summed E-state index contributed by atoms with van der Waals surface area (Å²) in [6.07, 6.45) is 0.747. The molecular weight excluding hydrogens is 344 g/mol. The highest BCUT2D eigenvalue weighted by Gasteiger charge is 2.47. The summed E-state index contributed by atoms with van der Waals surface area (Å²) in [5.41, 5.74) is 0.583. The third kappa shape index (κ3) is 3.80. The second-order valence-corrected chi connectivity index (χ2v) is 7.12. The molecule has 0 bridgehead atoms.